The Bertz CT molecular complexity index is 532. The van der Waals surface area contributed by atoms with Gasteiger partial charge < -0.3 is 0 Å². The van der Waals surface area contributed by atoms with Crippen LogP contribution in [0.4, 0.5) is 0 Å². The molecule has 86 valence electrons. The highest BCUT2D eigenvalue weighted by atomic mass is 32.2. The molecule has 0 fully saturated rings. The standard InChI is InChI=1S/C14H13NOS/c1-12-7-9-14(10-8-12)17(16)15-11-13-5-3-2-4-6-13/h2-11H,1H3. The Balaban J connectivity index is 2.12. The first kappa shape index (κ1) is 11.7. The SMILES string of the molecule is Cc1ccc(S(=O)N=Cc2ccccc2)cc1. The second-order valence-electron chi connectivity index (χ2n) is 3.71. The summed E-state index contributed by atoms with van der Waals surface area (Å²) in [7, 11) is -1.32. The normalized spacial score (nSPS) is 12.8. The van der Waals surface area contributed by atoms with Crippen LogP contribution in [0.3, 0.4) is 0 Å². The summed E-state index contributed by atoms with van der Waals surface area (Å²) in [5, 5.41) is 0. The van der Waals surface area contributed by atoms with E-state index >= 15 is 0 Å². The number of nitrogens with zero attached hydrogens (tertiary/aromatic N) is 1. The maximum atomic E-state index is 11.8. The molecule has 17 heavy (non-hydrogen) atoms. The van der Waals surface area contributed by atoms with Crippen LogP contribution in [0.2, 0.25) is 0 Å². The van der Waals surface area contributed by atoms with Crippen molar-refractivity contribution < 1.29 is 4.21 Å². The smallest absolute Gasteiger partial charge is 0.172 e. The Morgan fingerprint density at radius 3 is 2.29 bits per heavy atom. The van der Waals surface area contributed by atoms with E-state index in [0.717, 1.165) is 16.0 Å². The van der Waals surface area contributed by atoms with Crippen LogP contribution in [0.5, 0.6) is 0 Å². The van der Waals surface area contributed by atoms with Crippen molar-refractivity contribution in [3.63, 3.8) is 0 Å². The molecule has 2 nitrogen and oxygen atoms in total. The zero-order valence-corrected chi connectivity index (χ0v) is 10.4. The molecule has 2 aromatic rings. The highest BCUT2D eigenvalue weighted by molar-refractivity contribution is 7.83. The minimum Gasteiger partial charge on any atom is -0.229 e. The van der Waals surface area contributed by atoms with Crippen molar-refractivity contribution in [2.75, 3.05) is 0 Å². The monoisotopic (exact) mass is 243 g/mol. The summed E-state index contributed by atoms with van der Waals surface area (Å²) in [5.41, 5.74) is 2.10. The highest BCUT2D eigenvalue weighted by Crippen LogP contribution is 2.09. The van der Waals surface area contributed by atoms with E-state index in [0.29, 0.717) is 0 Å². The van der Waals surface area contributed by atoms with E-state index in [9.17, 15) is 4.21 Å². The summed E-state index contributed by atoms with van der Waals surface area (Å²) in [6.07, 6.45) is 1.63. The molecule has 0 aliphatic carbocycles. The molecule has 0 saturated heterocycles. The first-order valence-corrected chi connectivity index (χ1v) is 6.44. The van der Waals surface area contributed by atoms with E-state index in [1.165, 1.54) is 0 Å². The van der Waals surface area contributed by atoms with Crippen molar-refractivity contribution in [3.05, 3.63) is 65.7 Å². The summed E-state index contributed by atoms with van der Waals surface area (Å²) in [4.78, 5) is 0.725. The first-order valence-electron chi connectivity index (χ1n) is 5.33. The largest absolute Gasteiger partial charge is 0.229 e. The number of hydrogen-bond acceptors (Lipinski definition) is 1. The number of hydrogen-bond donors (Lipinski definition) is 0. The molecule has 2 aromatic carbocycles. The van der Waals surface area contributed by atoms with Crippen LogP contribution in [0.15, 0.2) is 63.9 Å². The van der Waals surface area contributed by atoms with Crippen LogP contribution < -0.4 is 0 Å². The van der Waals surface area contributed by atoms with Gasteiger partial charge in [0.15, 0.2) is 11.0 Å². The molecule has 1 unspecified atom stereocenters. The molecule has 0 bridgehead atoms. The van der Waals surface area contributed by atoms with Gasteiger partial charge in [0.1, 0.15) is 0 Å². The Hall–Kier alpha value is -1.74. The molecule has 0 N–H and O–H groups in total. The van der Waals surface area contributed by atoms with Gasteiger partial charge in [0.05, 0.1) is 4.90 Å². The average molecular weight is 243 g/mol. The van der Waals surface area contributed by atoms with Gasteiger partial charge in [-0.25, -0.2) is 4.21 Å². The second-order valence-corrected chi connectivity index (χ2v) is 4.89. The fourth-order valence-electron chi connectivity index (χ4n) is 1.36. The molecule has 0 radical (unpaired) electrons. The predicted octanol–water partition coefficient (Wildman–Crippen LogP) is 3.14. The molecular formula is C14H13NOS. The summed E-state index contributed by atoms with van der Waals surface area (Å²) < 4.78 is 15.9. The first-order chi connectivity index (χ1) is 8.25. The quantitative estimate of drug-likeness (QED) is 0.761. The number of benzene rings is 2. The molecule has 0 spiro atoms. The van der Waals surface area contributed by atoms with Gasteiger partial charge in [-0.1, -0.05) is 48.0 Å². The van der Waals surface area contributed by atoms with Crippen molar-refractivity contribution >= 4 is 17.2 Å². The molecule has 0 saturated carbocycles. The summed E-state index contributed by atoms with van der Waals surface area (Å²) >= 11 is 0. The van der Waals surface area contributed by atoms with Gasteiger partial charge in [-0.3, -0.25) is 0 Å². The number of rotatable bonds is 3. The molecule has 3 heteroatoms. The van der Waals surface area contributed by atoms with Crippen molar-refractivity contribution in [1.29, 1.82) is 0 Å². The van der Waals surface area contributed by atoms with Gasteiger partial charge in [-0.05, 0) is 24.6 Å². The molecule has 0 aliphatic rings. The van der Waals surface area contributed by atoms with Gasteiger partial charge in [0.2, 0.25) is 0 Å². The van der Waals surface area contributed by atoms with Crippen LogP contribution in [0, 0.1) is 6.92 Å². The van der Waals surface area contributed by atoms with Crippen LogP contribution in [-0.2, 0) is 11.0 Å². The summed E-state index contributed by atoms with van der Waals surface area (Å²) in [6.45, 7) is 2.00. The van der Waals surface area contributed by atoms with Gasteiger partial charge in [-0.15, -0.1) is 0 Å². The third kappa shape index (κ3) is 3.36. The Kier molecular flexibility index (Phi) is 3.83. The van der Waals surface area contributed by atoms with E-state index in [-0.39, 0.29) is 0 Å². The molecule has 1 atom stereocenters. The van der Waals surface area contributed by atoms with E-state index in [1.807, 2.05) is 61.5 Å². The lowest BCUT2D eigenvalue weighted by Gasteiger charge is -1.97. The topological polar surface area (TPSA) is 29.4 Å². The minimum atomic E-state index is -1.32. The zero-order valence-electron chi connectivity index (χ0n) is 9.54. The van der Waals surface area contributed by atoms with Gasteiger partial charge in [-0.2, -0.15) is 4.40 Å². The van der Waals surface area contributed by atoms with Gasteiger partial charge in [0.25, 0.3) is 0 Å². The van der Waals surface area contributed by atoms with E-state index < -0.39 is 11.0 Å². The van der Waals surface area contributed by atoms with E-state index in [4.69, 9.17) is 0 Å². The van der Waals surface area contributed by atoms with Crippen molar-refractivity contribution in [2.24, 2.45) is 4.40 Å². The Morgan fingerprint density at radius 1 is 1.00 bits per heavy atom. The third-order valence-corrected chi connectivity index (χ3v) is 3.29. The van der Waals surface area contributed by atoms with Crippen LogP contribution >= 0.6 is 0 Å². The van der Waals surface area contributed by atoms with Gasteiger partial charge >= 0.3 is 0 Å². The van der Waals surface area contributed by atoms with Crippen molar-refractivity contribution in [3.8, 4) is 0 Å². The molecule has 0 amide bonds. The molecular weight excluding hydrogens is 230 g/mol. The van der Waals surface area contributed by atoms with Crippen molar-refractivity contribution in [2.45, 2.75) is 11.8 Å². The van der Waals surface area contributed by atoms with Crippen LogP contribution in [-0.4, -0.2) is 10.4 Å². The zero-order chi connectivity index (χ0) is 12.1. The minimum absolute atomic E-state index is 0.725. The van der Waals surface area contributed by atoms with Crippen molar-refractivity contribution in [1.82, 2.24) is 0 Å². The lowest BCUT2D eigenvalue weighted by molar-refractivity contribution is 0.684. The van der Waals surface area contributed by atoms with E-state index in [2.05, 4.69) is 4.40 Å². The third-order valence-electron chi connectivity index (χ3n) is 2.32. The molecule has 2 rings (SSSR count). The maximum Gasteiger partial charge on any atom is 0.172 e. The molecule has 0 aliphatic heterocycles. The lowest BCUT2D eigenvalue weighted by Crippen LogP contribution is -1.89. The summed E-state index contributed by atoms with van der Waals surface area (Å²) in [6, 6.07) is 17.2. The van der Waals surface area contributed by atoms with E-state index in [1.54, 1.807) is 6.21 Å². The van der Waals surface area contributed by atoms with Crippen LogP contribution in [0.25, 0.3) is 0 Å². The Morgan fingerprint density at radius 2 is 1.65 bits per heavy atom. The van der Waals surface area contributed by atoms with Gasteiger partial charge in [0, 0.05) is 6.21 Å². The maximum absolute atomic E-state index is 11.8. The van der Waals surface area contributed by atoms with Crippen LogP contribution in [0.1, 0.15) is 11.1 Å². The Labute approximate surface area is 104 Å². The summed E-state index contributed by atoms with van der Waals surface area (Å²) in [5.74, 6) is 0. The highest BCUT2D eigenvalue weighted by Gasteiger charge is 1.99. The molecule has 0 aromatic heterocycles. The molecule has 0 heterocycles. The fraction of sp³-hybridized carbons (Fsp3) is 0.0714. The number of aryl methyl sites for hydroxylation is 1. The predicted molar refractivity (Wildman–Crippen MR) is 71.6 cm³/mol. The average Bonchev–Trinajstić information content (AvgIpc) is 2.38. The second kappa shape index (κ2) is 5.55. The fourth-order valence-corrected chi connectivity index (χ4v) is 2.07. The lowest BCUT2D eigenvalue weighted by atomic mass is 10.2.